The minimum Gasteiger partial charge on any atom is -0.354 e. The fourth-order valence-electron chi connectivity index (χ4n) is 1.27. The van der Waals surface area contributed by atoms with E-state index < -0.39 is 0 Å². The summed E-state index contributed by atoms with van der Waals surface area (Å²) in [6, 6.07) is 3.73. The maximum absolute atomic E-state index is 11.4. The number of hydrogen-bond acceptors (Lipinski definition) is 3. The molecule has 0 bridgehead atoms. The van der Waals surface area contributed by atoms with E-state index in [4.69, 9.17) is 0 Å². The first kappa shape index (κ1) is 8.68. The minimum atomic E-state index is -0.227. The highest BCUT2D eigenvalue weighted by Gasteiger charge is 2.13. The number of aromatic nitrogens is 3. The van der Waals surface area contributed by atoms with E-state index in [0.29, 0.717) is 11.2 Å². The van der Waals surface area contributed by atoms with Crippen LogP contribution in [0.5, 0.6) is 0 Å². The van der Waals surface area contributed by atoms with Crippen molar-refractivity contribution in [1.82, 2.24) is 20.5 Å². The lowest BCUT2D eigenvalue weighted by atomic mass is 10.3. The normalized spacial score (nSPS) is 10.4. The van der Waals surface area contributed by atoms with Crippen molar-refractivity contribution in [3.63, 3.8) is 0 Å². The summed E-state index contributed by atoms with van der Waals surface area (Å²) in [4.78, 5) is 15.6. The molecule has 5 heteroatoms. The van der Waals surface area contributed by atoms with Gasteiger partial charge in [0.2, 0.25) is 0 Å². The van der Waals surface area contributed by atoms with Gasteiger partial charge in [0.15, 0.2) is 5.69 Å². The quantitative estimate of drug-likeness (QED) is 0.692. The number of pyridine rings is 1. The molecule has 0 saturated carbocycles. The molecule has 0 spiro atoms. The van der Waals surface area contributed by atoms with Crippen molar-refractivity contribution in [3.05, 3.63) is 23.5 Å². The Bertz CT molecular complexity index is 489. The van der Waals surface area contributed by atoms with Gasteiger partial charge in [0.25, 0.3) is 5.91 Å². The lowest BCUT2D eigenvalue weighted by Gasteiger charge is -1.95. The van der Waals surface area contributed by atoms with E-state index in [-0.39, 0.29) is 5.91 Å². The zero-order chi connectivity index (χ0) is 10.1. The predicted molar refractivity (Wildman–Crippen MR) is 52.0 cm³/mol. The summed E-state index contributed by atoms with van der Waals surface area (Å²) in [5.74, 6) is -0.227. The van der Waals surface area contributed by atoms with E-state index in [1.165, 1.54) is 0 Å². The summed E-state index contributed by atoms with van der Waals surface area (Å²) in [5, 5.41) is 9.18. The van der Waals surface area contributed by atoms with Gasteiger partial charge < -0.3 is 5.32 Å². The average molecular weight is 190 g/mol. The van der Waals surface area contributed by atoms with Crippen LogP contribution in [0.3, 0.4) is 0 Å². The Balaban J connectivity index is 2.67. The van der Waals surface area contributed by atoms with Crippen LogP contribution in [0.15, 0.2) is 12.1 Å². The number of hydrogen-bond donors (Lipinski definition) is 2. The first-order valence-corrected chi connectivity index (χ1v) is 4.26. The first-order chi connectivity index (χ1) is 6.72. The van der Waals surface area contributed by atoms with Crippen molar-refractivity contribution >= 4 is 16.9 Å². The highest BCUT2D eigenvalue weighted by Crippen LogP contribution is 2.13. The molecule has 2 rings (SSSR count). The molecule has 2 N–H and O–H groups in total. The number of nitrogens with one attached hydrogen (secondary N) is 2. The second-order valence-corrected chi connectivity index (χ2v) is 3.00. The summed E-state index contributed by atoms with van der Waals surface area (Å²) >= 11 is 0. The van der Waals surface area contributed by atoms with E-state index in [2.05, 4.69) is 20.5 Å². The van der Waals surface area contributed by atoms with Crippen LogP contribution in [0.4, 0.5) is 0 Å². The largest absolute Gasteiger partial charge is 0.354 e. The van der Waals surface area contributed by atoms with Gasteiger partial charge in [-0.3, -0.25) is 9.89 Å². The molecule has 0 atom stereocenters. The average Bonchev–Trinajstić information content (AvgIpc) is 2.59. The summed E-state index contributed by atoms with van der Waals surface area (Å²) in [7, 11) is 1.57. The van der Waals surface area contributed by atoms with Gasteiger partial charge in [-0.15, -0.1) is 0 Å². The second kappa shape index (κ2) is 3.10. The third-order valence-corrected chi connectivity index (χ3v) is 1.99. The van der Waals surface area contributed by atoms with Gasteiger partial charge in [-0.05, 0) is 19.1 Å². The number of carbonyl (C=O) groups is 1. The molecule has 1 amide bonds. The number of aryl methyl sites for hydroxylation is 1. The molecule has 14 heavy (non-hydrogen) atoms. The molecule has 0 aromatic carbocycles. The van der Waals surface area contributed by atoms with E-state index in [1.54, 1.807) is 7.05 Å². The molecule has 0 unspecified atom stereocenters. The highest BCUT2D eigenvalue weighted by molar-refractivity contribution is 6.02. The first-order valence-electron chi connectivity index (χ1n) is 4.26. The molecule has 2 aromatic heterocycles. The number of amides is 1. The third kappa shape index (κ3) is 1.22. The summed E-state index contributed by atoms with van der Waals surface area (Å²) in [5.41, 5.74) is 2.59. The Kier molecular flexibility index (Phi) is 1.92. The Morgan fingerprint density at radius 3 is 3.00 bits per heavy atom. The van der Waals surface area contributed by atoms with Gasteiger partial charge in [0.05, 0.1) is 5.52 Å². The maximum atomic E-state index is 11.4. The van der Waals surface area contributed by atoms with Crippen molar-refractivity contribution in [2.24, 2.45) is 0 Å². The zero-order valence-corrected chi connectivity index (χ0v) is 7.96. The molecule has 2 heterocycles. The Morgan fingerprint density at radius 1 is 1.50 bits per heavy atom. The summed E-state index contributed by atoms with van der Waals surface area (Å²) < 4.78 is 0. The van der Waals surface area contributed by atoms with Crippen LogP contribution in [0.25, 0.3) is 11.0 Å². The van der Waals surface area contributed by atoms with Crippen molar-refractivity contribution in [3.8, 4) is 0 Å². The Morgan fingerprint density at radius 2 is 2.29 bits per heavy atom. The van der Waals surface area contributed by atoms with Crippen LogP contribution in [0, 0.1) is 6.92 Å². The van der Waals surface area contributed by atoms with Gasteiger partial charge in [-0.1, -0.05) is 0 Å². The zero-order valence-electron chi connectivity index (χ0n) is 7.96. The fourth-order valence-corrected chi connectivity index (χ4v) is 1.27. The summed E-state index contributed by atoms with van der Waals surface area (Å²) in [6.45, 7) is 1.88. The van der Waals surface area contributed by atoms with E-state index in [0.717, 1.165) is 11.2 Å². The van der Waals surface area contributed by atoms with Gasteiger partial charge in [-0.2, -0.15) is 5.10 Å². The van der Waals surface area contributed by atoms with Crippen LogP contribution in [0.1, 0.15) is 16.2 Å². The van der Waals surface area contributed by atoms with Crippen LogP contribution in [-0.4, -0.2) is 28.1 Å². The van der Waals surface area contributed by atoms with Crippen molar-refractivity contribution in [2.75, 3.05) is 7.05 Å². The Hall–Kier alpha value is -1.91. The second-order valence-electron chi connectivity index (χ2n) is 3.00. The van der Waals surface area contributed by atoms with Gasteiger partial charge in [0, 0.05) is 12.7 Å². The standard InChI is InChI=1S/C9H10N4O/c1-5-3-4-6-7(11-5)8(13-12-6)9(14)10-2/h3-4H,1-2H3,(H,10,14)(H,12,13). The molecule has 0 saturated heterocycles. The lowest BCUT2D eigenvalue weighted by molar-refractivity contribution is 0.0959. The van der Waals surface area contributed by atoms with E-state index >= 15 is 0 Å². The monoisotopic (exact) mass is 190 g/mol. The molecule has 0 aliphatic carbocycles. The molecule has 0 fully saturated rings. The molecular weight excluding hydrogens is 180 g/mol. The SMILES string of the molecule is CNC(=O)c1n[nH]c2ccc(C)nc12. The number of fused-ring (bicyclic) bond motifs is 1. The summed E-state index contributed by atoms with van der Waals surface area (Å²) in [6.07, 6.45) is 0. The van der Waals surface area contributed by atoms with Crippen molar-refractivity contribution in [2.45, 2.75) is 6.92 Å². The minimum absolute atomic E-state index is 0.227. The van der Waals surface area contributed by atoms with Crippen LogP contribution >= 0.6 is 0 Å². The molecule has 2 aromatic rings. The number of aromatic amines is 1. The molecule has 0 aliphatic rings. The Labute approximate surface area is 80.5 Å². The molecular formula is C9H10N4O. The molecule has 0 aliphatic heterocycles. The number of nitrogens with zero attached hydrogens (tertiary/aromatic N) is 2. The number of rotatable bonds is 1. The predicted octanol–water partition coefficient (Wildman–Crippen LogP) is 0.626. The van der Waals surface area contributed by atoms with Gasteiger partial charge in [-0.25, -0.2) is 4.98 Å². The van der Waals surface area contributed by atoms with E-state index in [9.17, 15) is 4.79 Å². The molecule has 5 nitrogen and oxygen atoms in total. The smallest absolute Gasteiger partial charge is 0.273 e. The van der Waals surface area contributed by atoms with Crippen LogP contribution in [-0.2, 0) is 0 Å². The topological polar surface area (TPSA) is 70.7 Å². The van der Waals surface area contributed by atoms with Gasteiger partial charge in [0.1, 0.15) is 5.52 Å². The number of H-pyrrole nitrogens is 1. The fraction of sp³-hybridized carbons (Fsp3) is 0.222. The molecule has 0 radical (unpaired) electrons. The molecule has 72 valence electrons. The lowest BCUT2D eigenvalue weighted by Crippen LogP contribution is -2.18. The van der Waals surface area contributed by atoms with Crippen molar-refractivity contribution in [1.29, 1.82) is 0 Å². The van der Waals surface area contributed by atoms with Crippen LogP contribution in [0.2, 0.25) is 0 Å². The van der Waals surface area contributed by atoms with E-state index in [1.807, 2.05) is 19.1 Å². The third-order valence-electron chi connectivity index (χ3n) is 1.99. The number of carbonyl (C=O) groups excluding carboxylic acids is 1. The van der Waals surface area contributed by atoms with Crippen molar-refractivity contribution < 1.29 is 4.79 Å². The van der Waals surface area contributed by atoms with Crippen LogP contribution < -0.4 is 5.32 Å². The van der Waals surface area contributed by atoms with Gasteiger partial charge >= 0.3 is 0 Å². The maximum Gasteiger partial charge on any atom is 0.273 e. The highest BCUT2D eigenvalue weighted by atomic mass is 16.1.